The van der Waals surface area contributed by atoms with E-state index in [9.17, 15) is 9.59 Å². The number of anilines is 1. The minimum absolute atomic E-state index is 0.112. The number of hydrogen-bond donors (Lipinski definition) is 0. The highest BCUT2D eigenvalue weighted by Crippen LogP contribution is 2.34. The van der Waals surface area contributed by atoms with E-state index in [2.05, 4.69) is 23.8 Å². The minimum atomic E-state index is -0.161. The maximum atomic E-state index is 13.6. The number of carbonyl (C=O) groups excluding carboxylic acids is 1. The third kappa shape index (κ3) is 5.15. The van der Waals surface area contributed by atoms with Crippen LogP contribution in [0.1, 0.15) is 43.7 Å². The molecule has 9 heteroatoms. The molecule has 0 spiro atoms. The largest absolute Gasteiger partial charge is 0.353 e. The Hall–Kier alpha value is -2.23. The first kappa shape index (κ1) is 23.9. The number of pyridine rings is 1. The molecule has 0 aliphatic carbocycles. The Bertz CT molecular complexity index is 1150. The number of thiocarbonyl (C=S) groups is 1. The lowest BCUT2D eigenvalue weighted by Gasteiger charge is -2.34. The topological polar surface area (TPSA) is 61.2 Å². The molecule has 0 unspecified atom stereocenters. The maximum Gasteiger partial charge on any atom is 0.267 e. The summed E-state index contributed by atoms with van der Waals surface area (Å²) in [6, 6.07) is 3.83. The molecule has 4 heterocycles. The number of likely N-dealkylation sites (N-methyl/N-ethyl adjacent to an activating group) is 1. The molecule has 33 heavy (non-hydrogen) atoms. The fourth-order valence-corrected chi connectivity index (χ4v) is 5.44. The molecule has 176 valence electrons. The van der Waals surface area contributed by atoms with Crippen molar-refractivity contribution < 1.29 is 4.79 Å². The Balaban J connectivity index is 1.72. The first-order valence-electron chi connectivity index (χ1n) is 11.6. The van der Waals surface area contributed by atoms with Crippen LogP contribution >= 0.6 is 24.0 Å². The van der Waals surface area contributed by atoms with Crippen LogP contribution in [-0.4, -0.2) is 69.2 Å². The van der Waals surface area contributed by atoms with Gasteiger partial charge in [0.05, 0.1) is 10.5 Å². The van der Waals surface area contributed by atoms with Crippen molar-refractivity contribution in [2.24, 2.45) is 0 Å². The van der Waals surface area contributed by atoms with Gasteiger partial charge in [-0.25, -0.2) is 4.98 Å². The van der Waals surface area contributed by atoms with Gasteiger partial charge in [-0.2, -0.15) is 0 Å². The summed E-state index contributed by atoms with van der Waals surface area (Å²) in [7, 11) is 2.09. The van der Waals surface area contributed by atoms with Crippen LogP contribution in [0.25, 0.3) is 11.7 Å². The van der Waals surface area contributed by atoms with Crippen LogP contribution in [0.2, 0.25) is 0 Å². The molecule has 2 saturated heterocycles. The predicted molar refractivity (Wildman–Crippen MR) is 140 cm³/mol. The number of hydrogen-bond acceptors (Lipinski definition) is 7. The molecule has 2 aliphatic heterocycles. The summed E-state index contributed by atoms with van der Waals surface area (Å²) >= 11 is 6.78. The van der Waals surface area contributed by atoms with E-state index < -0.39 is 0 Å². The number of aromatic nitrogens is 2. The second-order valence-corrected chi connectivity index (χ2v) is 10.4. The second-order valence-electron chi connectivity index (χ2n) is 8.77. The van der Waals surface area contributed by atoms with Crippen molar-refractivity contribution in [2.45, 2.75) is 39.5 Å². The Labute approximate surface area is 204 Å². The normalized spacial score (nSPS) is 18.8. The van der Waals surface area contributed by atoms with E-state index in [1.54, 1.807) is 21.6 Å². The van der Waals surface area contributed by atoms with Gasteiger partial charge in [-0.15, -0.1) is 0 Å². The van der Waals surface area contributed by atoms with Gasteiger partial charge < -0.3 is 9.80 Å². The maximum absolute atomic E-state index is 13.6. The number of rotatable bonds is 7. The average Bonchev–Trinajstić information content (AvgIpc) is 3.06. The quantitative estimate of drug-likeness (QED) is 0.338. The van der Waals surface area contributed by atoms with Crippen molar-refractivity contribution >= 4 is 51.7 Å². The van der Waals surface area contributed by atoms with Crippen LogP contribution in [0.3, 0.4) is 0 Å². The number of nitrogens with zero attached hydrogens (tertiary/aromatic N) is 5. The smallest absolute Gasteiger partial charge is 0.267 e. The van der Waals surface area contributed by atoms with Crippen molar-refractivity contribution in [1.82, 2.24) is 19.2 Å². The SMILES string of the molecule is CCCCCCN1C(=O)/C(=C\c2c(N3CCN(C)CC3)nc3ccc(C)cn3c2=O)SC1=S. The number of fused-ring (bicyclic) bond motifs is 1. The molecule has 0 atom stereocenters. The molecule has 0 radical (unpaired) electrons. The summed E-state index contributed by atoms with van der Waals surface area (Å²) in [6.07, 6.45) is 7.82. The van der Waals surface area contributed by atoms with Crippen LogP contribution < -0.4 is 10.5 Å². The molecular formula is C24H31N5O2S2. The molecule has 0 bridgehead atoms. The number of unbranched alkanes of at least 4 members (excludes halogenated alkanes) is 3. The summed E-state index contributed by atoms with van der Waals surface area (Å²) in [5, 5.41) is 0. The lowest BCUT2D eigenvalue weighted by molar-refractivity contribution is -0.122. The molecule has 2 fully saturated rings. The monoisotopic (exact) mass is 485 g/mol. The van der Waals surface area contributed by atoms with Gasteiger partial charge in [0, 0.05) is 38.9 Å². The van der Waals surface area contributed by atoms with Gasteiger partial charge in [0.15, 0.2) is 0 Å². The molecule has 1 amide bonds. The van der Waals surface area contributed by atoms with Gasteiger partial charge in [-0.3, -0.25) is 18.9 Å². The van der Waals surface area contributed by atoms with E-state index in [0.717, 1.165) is 57.4 Å². The van der Waals surface area contributed by atoms with Crippen LogP contribution in [0.5, 0.6) is 0 Å². The van der Waals surface area contributed by atoms with Gasteiger partial charge in [-0.05, 0) is 38.1 Å². The molecule has 2 aliphatic rings. The van der Waals surface area contributed by atoms with Gasteiger partial charge in [0.2, 0.25) is 0 Å². The van der Waals surface area contributed by atoms with Crippen molar-refractivity contribution in [3.8, 4) is 0 Å². The van der Waals surface area contributed by atoms with Gasteiger partial charge in [-0.1, -0.05) is 56.2 Å². The summed E-state index contributed by atoms with van der Waals surface area (Å²) in [5.74, 6) is 0.532. The molecular weight excluding hydrogens is 454 g/mol. The lowest BCUT2D eigenvalue weighted by Crippen LogP contribution is -2.45. The highest BCUT2D eigenvalue weighted by atomic mass is 32.2. The van der Waals surface area contributed by atoms with E-state index in [1.165, 1.54) is 11.8 Å². The van der Waals surface area contributed by atoms with E-state index in [0.29, 0.717) is 32.8 Å². The van der Waals surface area contributed by atoms with E-state index >= 15 is 0 Å². The molecule has 0 saturated carbocycles. The summed E-state index contributed by atoms with van der Waals surface area (Å²) in [6.45, 7) is 8.10. The number of thioether (sulfide) groups is 1. The van der Waals surface area contributed by atoms with Crippen LogP contribution in [0.4, 0.5) is 5.82 Å². The first-order valence-corrected chi connectivity index (χ1v) is 12.8. The van der Waals surface area contributed by atoms with Crippen molar-refractivity contribution in [3.63, 3.8) is 0 Å². The summed E-state index contributed by atoms with van der Waals surface area (Å²) in [4.78, 5) is 38.2. The van der Waals surface area contributed by atoms with Gasteiger partial charge >= 0.3 is 0 Å². The van der Waals surface area contributed by atoms with E-state index in [1.807, 2.05) is 19.1 Å². The zero-order valence-corrected chi connectivity index (χ0v) is 21.2. The van der Waals surface area contributed by atoms with Crippen molar-refractivity contribution in [1.29, 1.82) is 0 Å². The number of amides is 1. The van der Waals surface area contributed by atoms with Crippen LogP contribution in [0.15, 0.2) is 28.0 Å². The predicted octanol–water partition coefficient (Wildman–Crippen LogP) is 3.54. The Morgan fingerprint density at radius 3 is 2.61 bits per heavy atom. The fraction of sp³-hybridized carbons (Fsp3) is 0.500. The highest BCUT2D eigenvalue weighted by Gasteiger charge is 2.32. The summed E-state index contributed by atoms with van der Waals surface area (Å²) in [5.41, 5.74) is 1.88. The number of aryl methyl sites for hydroxylation is 1. The van der Waals surface area contributed by atoms with Crippen LogP contribution in [0, 0.1) is 6.92 Å². The Kier molecular flexibility index (Phi) is 7.51. The van der Waals surface area contributed by atoms with Crippen molar-refractivity contribution in [2.75, 3.05) is 44.7 Å². The minimum Gasteiger partial charge on any atom is -0.353 e. The van der Waals surface area contributed by atoms with Gasteiger partial charge in [0.1, 0.15) is 15.8 Å². The number of piperazine rings is 1. The molecule has 4 rings (SSSR count). The molecule has 0 aromatic carbocycles. The van der Waals surface area contributed by atoms with Gasteiger partial charge in [0.25, 0.3) is 11.5 Å². The Morgan fingerprint density at radius 2 is 1.88 bits per heavy atom. The molecule has 0 N–H and O–H groups in total. The molecule has 7 nitrogen and oxygen atoms in total. The number of carbonyl (C=O) groups is 1. The zero-order valence-electron chi connectivity index (χ0n) is 19.5. The van der Waals surface area contributed by atoms with Crippen molar-refractivity contribution in [3.05, 3.63) is 44.7 Å². The lowest BCUT2D eigenvalue weighted by atomic mass is 10.2. The Morgan fingerprint density at radius 1 is 1.12 bits per heavy atom. The molecule has 2 aromatic rings. The zero-order chi connectivity index (χ0) is 23.5. The second kappa shape index (κ2) is 10.4. The van der Waals surface area contributed by atoms with E-state index in [-0.39, 0.29) is 11.5 Å². The van der Waals surface area contributed by atoms with E-state index in [4.69, 9.17) is 17.2 Å². The first-order chi connectivity index (χ1) is 15.9. The third-order valence-corrected chi connectivity index (χ3v) is 7.55. The van der Waals surface area contributed by atoms with Crippen LogP contribution in [-0.2, 0) is 4.79 Å². The third-order valence-electron chi connectivity index (χ3n) is 6.17. The average molecular weight is 486 g/mol. The summed E-state index contributed by atoms with van der Waals surface area (Å²) < 4.78 is 2.14. The fourth-order valence-electron chi connectivity index (χ4n) is 4.15. The standard InChI is InChI=1S/C24H31N5O2S2/c1-4-5-6-7-10-28-23(31)19(33-24(28)32)15-18-21(27-13-11-26(3)12-14-27)25-20-9-8-17(2)16-29(20)22(18)30/h8-9,15-16H,4-7,10-14H2,1-3H3/b19-15+. The molecule has 2 aromatic heterocycles. The highest BCUT2D eigenvalue weighted by molar-refractivity contribution is 8.26.